The van der Waals surface area contributed by atoms with Crippen LogP contribution in [-0.2, 0) is 4.79 Å². The number of carbonyl (C=O) groups is 1. The Morgan fingerprint density at radius 2 is 1.73 bits per heavy atom. The summed E-state index contributed by atoms with van der Waals surface area (Å²) < 4.78 is 5.56. The zero-order valence-electron chi connectivity index (χ0n) is 16.9. The van der Waals surface area contributed by atoms with E-state index in [4.69, 9.17) is 4.74 Å². The van der Waals surface area contributed by atoms with Crippen LogP contribution in [0.2, 0.25) is 0 Å². The Hall–Kier alpha value is -3.68. The molecule has 1 fully saturated rings. The maximum absolute atomic E-state index is 12.4. The summed E-state index contributed by atoms with van der Waals surface area (Å²) >= 11 is 0. The van der Waals surface area contributed by atoms with E-state index in [0.29, 0.717) is 37.7 Å². The second-order valence-electron chi connectivity index (χ2n) is 7.09. The summed E-state index contributed by atoms with van der Waals surface area (Å²) in [5, 5.41) is 11.7. The number of hydrogen-bond donors (Lipinski definition) is 1. The van der Waals surface area contributed by atoms with Gasteiger partial charge in [-0.3, -0.25) is 4.79 Å². The highest BCUT2D eigenvalue weighted by molar-refractivity contribution is 5.78. The van der Waals surface area contributed by atoms with Crippen molar-refractivity contribution in [2.24, 2.45) is 0 Å². The third-order valence-corrected chi connectivity index (χ3v) is 4.88. The average Bonchev–Trinajstić information content (AvgIpc) is 2.80. The largest absolute Gasteiger partial charge is 0.484 e. The number of rotatable bonds is 6. The van der Waals surface area contributed by atoms with Gasteiger partial charge in [0.2, 0.25) is 0 Å². The number of anilines is 3. The Bertz CT molecular complexity index is 955. The van der Waals surface area contributed by atoms with Crippen LogP contribution in [0.1, 0.15) is 5.56 Å². The van der Waals surface area contributed by atoms with E-state index in [1.54, 1.807) is 6.20 Å². The first kappa shape index (κ1) is 19.6. The fourth-order valence-corrected chi connectivity index (χ4v) is 3.17. The zero-order valence-corrected chi connectivity index (χ0v) is 16.9. The van der Waals surface area contributed by atoms with Crippen molar-refractivity contribution >= 4 is 23.4 Å². The molecule has 3 heterocycles. The van der Waals surface area contributed by atoms with Crippen LogP contribution in [0.4, 0.5) is 17.5 Å². The summed E-state index contributed by atoms with van der Waals surface area (Å²) in [6, 6.07) is 17.1. The minimum atomic E-state index is -0.00488. The van der Waals surface area contributed by atoms with E-state index >= 15 is 0 Å². The van der Waals surface area contributed by atoms with Crippen molar-refractivity contribution in [1.29, 1.82) is 0 Å². The number of aryl methyl sites for hydroxylation is 1. The van der Waals surface area contributed by atoms with E-state index in [9.17, 15) is 4.79 Å². The van der Waals surface area contributed by atoms with E-state index in [0.717, 1.165) is 17.2 Å². The van der Waals surface area contributed by atoms with Gasteiger partial charge in [-0.2, -0.15) is 0 Å². The SMILES string of the molecule is Cc1ccc(Nc2ccc(N3CCN(C(=O)COc4ccccc4)CC3)nn2)nc1. The fraction of sp³-hybridized carbons (Fsp3) is 0.273. The number of ether oxygens (including phenoxy) is 1. The van der Waals surface area contributed by atoms with E-state index in [1.165, 1.54) is 0 Å². The first-order valence-corrected chi connectivity index (χ1v) is 9.91. The summed E-state index contributed by atoms with van der Waals surface area (Å²) in [5.41, 5.74) is 1.10. The first-order chi connectivity index (χ1) is 14.7. The van der Waals surface area contributed by atoms with Crippen LogP contribution in [0.3, 0.4) is 0 Å². The molecule has 154 valence electrons. The second kappa shape index (κ2) is 9.21. The number of nitrogens with zero attached hydrogens (tertiary/aromatic N) is 5. The molecule has 8 nitrogen and oxygen atoms in total. The third kappa shape index (κ3) is 5.02. The van der Waals surface area contributed by atoms with Crippen LogP contribution in [0, 0.1) is 6.92 Å². The highest BCUT2D eigenvalue weighted by Crippen LogP contribution is 2.17. The molecule has 2 aromatic heterocycles. The van der Waals surface area contributed by atoms with Crippen LogP contribution in [0.25, 0.3) is 0 Å². The predicted molar refractivity (Wildman–Crippen MR) is 115 cm³/mol. The topological polar surface area (TPSA) is 83.5 Å². The maximum atomic E-state index is 12.4. The van der Waals surface area contributed by atoms with Crippen molar-refractivity contribution in [2.45, 2.75) is 6.92 Å². The van der Waals surface area contributed by atoms with E-state index in [1.807, 2.05) is 66.4 Å². The van der Waals surface area contributed by atoms with Crippen molar-refractivity contribution < 1.29 is 9.53 Å². The maximum Gasteiger partial charge on any atom is 0.260 e. The van der Waals surface area contributed by atoms with Crippen LogP contribution in [0.15, 0.2) is 60.8 Å². The van der Waals surface area contributed by atoms with Crippen molar-refractivity contribution in [3.8, 4) is 5.75 Å². The molecule has 1 aromatic carbocycles. The summed E-state index contributed by atoms with van der Waals surface area (Å²) in [5.74, 6) is 2.86. The van der Waals surface area contributed by atoms with Gasteiger partial charge in [0.05, 0.1) is 0 Å². The van der Waals surface area contributed by atoms with Crippen molar-refractivity contribution in [3.05, 3.63) is 66.4 Å². The van der Waals surface area contributed by atoms with Gasteiger partial charge in [-0.15, -0.1) is 10.2 Å². The molecule has 1 aliphatic heterocycles. The minimum Gasteiger partial charge on any atom is -0.484 e. The molecule has 1 aliphatic rings. The monoisotopic (exact) mass is 404 g/mol. The molecule has 0 spiro atoms. The molecule has 0 aliphatic carbocycles. The molecular formula is C22H24N6O2. The van der Waals surface area contributed by atoms with Crippen LogP contribution >= 0.6 is 0 Å². The normalized spacial score (nSPS) is 13.8. The summed E-state index contributed by atoms with van der Waals surface area (Å²) in [6.45, 7) is 4.72. The third-order valence-electron chi connectivity index (χ3n) is 4.88. The predicted octanol–water partition coefficient (Wildman–Crippen LogP) is 2.65. The molecule has 4 rings (SSSR count). The quantitative estimate of drug-likeness (QED) is 0.676. The lowest BCUT2D eigenvalue weighted by atomic mass is 10.3. The van der Waals surface area contributed by atoms with Gasteiger partial charge in [-0.25, -0.2) is 4.98 Å². The standard InChI is InChI=1S/C22H24N6O2/c1-17-7-8-19(23-15-17)24-20-9-10-21(26-25-20)27-11-13-28(14-12-27)22(29)16-30-18-5-3-2-4-6-18/h2-10,15H,11-14,16H2,1H3,(H,23,24,25). The Morgan fingerprint density at radius 1 is 0.967 bits per heavy atom. The van der Waals surface area contributed by atoms with E-state index < -0.39 is 0 Å². The molecular weight excluding hydrogens is 380 g/mol. The molecule has 0 radical (unpaired) electrons. The Balaban J connectivity index is 1.26. The van der Waals surface area contributed by atoms with Crippen LogP contribution in [-0.4, -0.2) is 58.8 Å². The van der Waals surface area contributed by atoms with Gasteiger partial charge in [0.25, 0.3) is 5.91 Å². The summed E-state index contributed by atoms with van der Waals surface area (Å²) in [4.78, 5) is 20.7. The number of nitrogens with one attached hydrogen (secondary N) is 1. The molecule has 1 saturated heterocycles. The molecule has 0 atom stereocenters. The van der Waals surface area contributed by atoms with Crippen molar-refractivity contribution in [2.75, 3.05) is 43.0 Å². The summed E-state index contributed by atoms with van der Waals surface area (Å²) in [6.07, 6.45) is 1.80. The smallest absolute Gasteiger partial charge is 0.260 e. The second-order valence-corrected chi connectivity index (χ2v) is 7.09. The first-order valence-electron chi connectivity index (χ1n) is 9.91. The lowest BCUT2D eigenvalue weighted by Gasteiger charge is -2.35. The molecule has 8 heteroatoms. The molecule has 1 amide bonds. The summed E-state index contributed by atoms with van der Waals surface area (Å²) in [7, 11) is 0. The van der Waals surface area contributed by atoms with E-state index in [2.05, 4.69) is 25.4 Å². The zero-order chi connectivity index (χ0) is 20.8. The number of carbonyl (C=O) groups excluding carboxylic acids is 1. The highest BCUT2D eigenvalue weighted by Gasteiger charge is 2.22. The minimum absolute atomic E-state index is 0.00488. The number of amides is 1. The van der Waals surface area contributed by atoms with Gasteiger partial charge in [0.1, 0.15) is 11.6 Å². The van der Waals surface area contributed by atoms with E-state index in [-0.39, 0.29) is 12.5 Å². The fourth-order valence-electron chi connectivity index (χ4n) is 3.17. The molecule has 1 N–H and O–H groups in total. The van der Waals surface area contributed by atoms with Gasteiger partial charge >= 0.3 is 0 Å². The number of pyridine rings is 1. The van der Waals surface area contributed by atoms with Crippen LogP contribution < -0.4 is 15.0 Å². The molecule has 0 unspecified atom stereocenters. The molecule has 0 bridgehead atoms. The van der Waals surface area contributed by atoms with Gasteiger partial charge in [-0.05, 0) is 42.8 Å². The average molecular weight is 404 g/mol. The van der Waals surface area contributed by atoms with Gasteiger partial charge in [0, 0.05) is 32.4 Å². The molecule has 3 aromatic rings. The van der Waals surface area contributed by atoms with Crippen LogP contribution in [0.5, 0.6) is 5.75 Å². The Kier molecular flexibility index (Phi) is 6.03. The molecule has 0 saturated carbocycles. The Labute approximate surface area is 175 Å². The van der Waals surface area contributed by atoms with Crippen molar-refractivity contribution in [3.63, 3.8) is 0 Å². The Morgan fingerprint density at radius 3 is 2.40 bits per heavy atom. The lowest BCUT2D eigenvalue weighted by Crippen LogP contribution is -2.50. The van der Waals surface area contributed by atoms with Gasteiger partial charge in [-0.1, -0.05) is 24.3 Å². The number of benzene rings is 1. The van der Waals surface area contributed by atoms with Crippen molar-refractivity contribution in [1.82, 2.24) is 20.1 Å². The van der Waals surface area contributed by atoms with Gasteiger partial charge < -0.3 is 19.9 Å². The number of piperazine rings is 1. The lowest BCUT2D eigenvalue weighted by molar-refractivity contribution is -0.133. The highest BCUT2D eigenvalue weighted by atomic mass is 16.5. The number of hydrogen-bond acceptors (Lipinski definition) is 7. The van der Waals surface area contributed by atoms with Gasteiger partial charge in [0.15, 0.2) is 18.2 Å². The molecule has 30 heavy (non-hydrogen) atoms. The number of para-hydroxylation sites is 1. The number of aromatic nitrogens is 3.